The Labute approximate surface area is 123 Å². The molecule has 1 aliphatic rings. The van der Waals surface area contributed by atoms with Gasteiger partial charge < -0.3 is 14.2 Å². The lowest BCUT2D eigenvalue weighted by Crippen LogP contribution is -2.14. The minimum absolute atomic E-state index is 0.310. The lowest BCUT2D eigenvalue weighted by molar-refractivity contribution is 0.0457. The van der Waals surface area contributed by atoms with Crippen molar-refractivity contribution in [2.75, 3.05) is 13.7 Å². The highest BCUT2D eigenvalue weighted by Gasteiger charge is 2.13. The molecule has 5 heteroatoms. The lowest BCUT2D eigenvalue weighted by Gasteiger charge is -2.16. The van der Waals surface area contributed by atoms with Gasteiger partial charge in [0.25, 0.3) is 0 Å². The van der Waals surface area contributed by atoms with Gasteiger partial charge in [-0.05, 0) is 43.5 Å². The Kier molecular flexibility index (Phi) is 5.37. The van der Waals surface area contributed by atoms with Gasteiger partial charge in [-0.1, -0.05) is 12.2 Å². The molecule has 0 fully saturated rings. The van der Waals surface area contributed by atoms with Crippen molar-refractivity contribution in [2.45, 2.75) is 19.3 Å². The van der Waals surface area contributed by atoms with Crippen LogP contribution in [0.3, 0.4) is 0 Å². The van der Waals surface area contributed by atoms with Crippen LogP contribution in [0, 0.1) is 5.92 Å². The van der Waals surface area contributed by atoms with Crippen LogP contribution in [-0.2, 0) is 9.47 Å². The van der Waals surface area contributed by atoms with Gasteiger partial charge in [-0.15, -0.1) is 0 Å². The third-order valence-electron chi connectivity index (χ3n) is 3.24. The molecule has 0 saturated carbocycles. The molecule has 0 aromatic heterocycles. The highest BCUT2D eigenvalue weighted by atomic mass is 16.7. The van der Waals surface area contributed by atoms with E-state index in [0.717, 1.165) is 19.3 Å². The van der Waals surface area contributed by atoms with Crippen molar-refractivity contribution < 1.29 is 23.8 Å². The van der Waals surface area contributed by atoms with E-state index in [1.807, 2.05) is 0 Å². The van der Waals surface area contributed by atoms with Crippen LogP contribution in [0.5, 0.6) is 5.75 Å². The van der Waals surface area contributed by atoms with Crippen LogP contribution in [0.25, 0.3) is 0 Å². The summed E-state index contributed by atoms with van der Waals surface area (Å²) in [7, 11) is 1.23. The van der Waals surface area contributed by atoms with Gasteiger partial charge >= 0.3 is 12.1 Å². The molecule has 0 heterocycles. The summed E-state index contributed by atoms with van der Waals surface area (Å²) in [6.07, 6.45) is 6.72. The van der Waals surface area contributed by atoms with Crippen molar-refractivity contribution in [3.63, 3.8) is 0 Å². The number of benzene rings is 1. The average molecular weight is 290 g/mol. The molecule has 1 atom stereocenters. The van der Waals surface area contributed by atoms with E-state index in [0.29, 0.717) is 23.8 Å². The second-order valence-electron chi connectivity index (χ2n) is 4.80. The molecule has 0 saturated heterocycles. The number of allylic oxidation sites excluding steroid dienone is 1. The standard InChI is InChI=1S/C16H18O5/c1-19-16(18)21-14-9-7-13(8-10-14)15(17)20-11-12-5-3-2-4-6-12/h3,5,7-10,12H,2,4,6,11H2,1H3. The second kappa shape index (κ2) is 7.47. The molecule has 1 unspecified atom stereocenters. The SMILES string of the molecule is COC(=O)Oc1ccc(C(=O)OCC2C=CCCC2)cc1. The zero-order chi connectivity index (χ0) is 15.1. The molecular weight excluding hydrogens is 272 g/mol. The normalized spacial score (nSPS) is 17.1. The van der Waals surface area contributed by atoms with Crippen LogP contribution in [-0.4, -0.2) is 25.8 Å². The minimum atomic E-state index is -0.797. The first kappa shape index (κ1) is 15.1. The summed E-state index contributed by atoms with van der Waals surface area (Å²) < 4.78 is 14.5. The first-order valence-electron chi connectivity index (χ1n) is 6.88. The Morgan fingerprint density at radius 3 is 2.62 bits per heavy atom. The van der Waals surface area contributed by atoms with Crippen LogP contribution in [0.2, 0.25) is 0 Å². The molecule has 1 aliphatic carbocycles. The summed E-state index contributed by atoms with van der Waals surface area (Å²) >= 11 is 0. The molecule has 0 radical (unpaired) electrons. The van der Waals surface area contributed by atoms with Crippen LogP contribution < -0.4 is 4.74 Å². The van der Waals surface area contributed by atoms with Crippen molar-refractivity contribution in [1.29, 1.82) is 0 Å². The van der Waals surface area contributed by atoms with Crippen molar-refractivity contribution in [1.82, 2.24) is 0 Å². The predicted molar refractivity (Wildman–Crippen MR) is 76.2 cm³/mol. The lowest BCUT2D eigenvalue weighted by atomic mass is 9.97. The van der Waals surface area contributed by atoms with Gasteiger partial charge in [0.2, 0.25) is 0 Å². The van der Waals surface area contributed by atoms with E-state index in [4.69, 9.17) is 9.47 Å². The molecule has 0 amide bonds. The summed E-state index contributed by atoms with van der Waals surface area (Å²) in [4.78, 5) is 22.8. The zero-order valence-corrected chi connectivity index (χ0v) is 11.9. The zero-order valence-electron chi connectivity index (χ0n) is 11.9. The fourth-order valence-electron chi connectivity index (χ4n) is 2.08. The third-order valence-corrected chi connectivity index (χ3v) is 3.24. The van der Waals surface area contributed by atoms with Crippen molar-refractivity contribution in [3.8, 4) is 5.75 Å². The van der Waals surface area contributed by atoms with Gasteiger partial charge in [0.15, 0.2) is 0 Å². The van der Waals surface area contributed by atoms with Gasteiger partial charge in [0.05, 0.1) is 19.3 Å². The highest BCUT2D eigenvalue weighted by molar-refractivity contribution is 5.89. The smallest absolute Gasteiger partial charge is 0.461 e. The molecule has 5 nitrogen and oxygen atoms in total. The Bertz CT molecular complexity index is 518. The topological polar surface area (TPSA) is 61.8 Å². The second-order valence-corrected chi connectivity index (χ2v) is 4.80. The number of hydrogen-bond donors (Lipinski definition) is 0. The molecule has 2 rings (SSSR count). The number of rotatable bonds is 4. The molecule has 0 bridgehead atoms. The molecule has 0 spiro atoms. The quantitative estimate of drug-likeness (QED) is 0.483. The highest BCUT2D eigenvalue weighted by Crippen LogP contribution is 2.18. The van der Waals surface area contributed by atoms with Gasteiger partial charge in [-0.25, -0.2) is 9.59 Å². The van der Waals surface area contributed by atoms with E-state index in [2.05, 4.69) is 16.9 Å². The number of carbonyl (C=O) groups excluding carboxylic acids is 2. The first-order valence-corrected chi connectivity index (χ1v) is 6.88. The molecular formula is C16H18O5. The van der Waals surface area contributed by atoms with Gasteiger partial charge in [0.1, 0.15) is 5.75 Å². The number of esters is 1. The van der Waals surface area contributed by atoms with E-state index < -0.39 is 6.16 Å². The number of methoxy groups -OCH3 is 1. The third kappa shape index (κ3) is 4.63. The van der Waals surface area contributed by atoms with E-state index in [1.54, 1.807) is 12.1 Å². The van der Waals surface area contributed by atoms with Crippen molar-refractivity contribution in [3.05, 3.63) is 42.0 Å². The van der Waals surface area contributed by atoms with E-state index in [-0.39, 0.29) is 5.97 Å². The predicted octanol–water partition coefficient (Wildman–Crippen LogP) is 3.34. The van der Waals surface area contributed by atoms with Gasteiger partial charge in [-0.2, -0.15) is 0 Å². The molecule has 0 N–H and O–H groups in total. The summed E-state index contributed by atoms with van der Waals surface area (Å²) in [6.45, 7) is 0.399. The Morgan fingerprint density at radius 2 is 2.00 bits per heavy atom. The van der Waals surface area contributed by atoms with Crippen LogP contribution in [0.15, 0.2) is 36.4 Å². The van der Waals surface area contributed by atoms with Crippen molar-refractivity contribution >= 4 is 12.1 Å². The Hall–Kier alpha value is -2.30. The maximum atomic E-state index is 11.9. The summed E-state index contributed by atoms with van der Waals surface area (Å²) in [6, 6.07) is 6.15. The monoisotopic (exact) mass is 290 g/mol. The first-order chi connectivity index (χ1) is 10.2. The van der Waals surface area contributed by atoms with Gasteiger partial charge in [0, 0.05) is 5.92 Å². The number of carbonyl (C=O) groups is 2. The van der Waals surface area contributed by atoms with Gasteiger partial charge in [-0.3, -0.25) is 0 Å². The van der Waals surface area contributed by atoms with Crippen LogP contribution in [0.4, 0.5) is 4.79 Å². The summed E-state index contributed by atoms with van der Waals surface area (Å²) in [5.74, 6) is 0.247. The van der Waals surface area contributed by atoms with Crippen LogP contribution >= 0.6 is 0 Å². The largest absolute Gasteiger partial charge is 0.513 e. The molecule has 1 aromatic rings. The average Bonchev–Trinajstić information content (AvgIpc) is 2.54. The minimum Gasteiger partial charge on any atom is -0.461 e. The van der Waals surface area contributed by atoms with Crippen LogP contribution in [0.1, 0.15) is 29.6 Å². The maximum Gasteiger partial charge on any atom is 0.513 e. The Balaban J connectivity index is 1.86. The van der Waals surface area contributed by atoms with E-state index in [1.165, 1.54) is 19.2 Å². The Morgan fingerprint density at radius 1 is 1.24 bits per heavy atom. The summed E-state index contributed by atoms with van der Waals surface area (Å²) in [5.41, 5.74) is 0.423. The molecule has 0 aliphatic heterocycles. The number of ether oxygens (including phenoxy) is 3. The number of hydrogen-bond acceptors (Lipinski definition) is 5. The maximum absolute atomic E-state index is 11.9. The fraction of sp³-hybridized carbons (Fsp3) is 0.375. The molecule has 21 heavy (non-hydrogen) atoms. The molecule has 112 valence electrons. The summed E-state index contributed by atoms with van der Waals surface area (Å²) in [5, 5.41) is 0. The van der Waals surface area contributed by atoms with E-state index >= 15 is 0 Å². The molecule has 1 aromatic carbocycles. The van der Waals surface area contributed by atoms with Crippen molar-refractivity contribution in [2.24, 2.45) is 5.92 Å². The fourth-order valence-corrected chi connectivity index (χ4v) is 2.08. The van der Waals surface area contributed by atoms with E-state index in [9.17, 15) is 9.59 Å².